The van der Waals surface area contributed by atoms with Crippen molar-refractivity contribution in [2.24, 2.45) is 0 Å². The molecule has 9 heteroatoms. The number of fused-ring (bicyclic) bond motifs is 2. The van der Waals surface area contributed by atoms with Crippen molar-refractivity contribution < 1.29 is 9.72 Å². The van der Waals surface area contributed by atoms with Gasteiger partial charge in [0, 0.05) is 30.6 Å². The molecule has 2 aromatic heterocycles. The van der Waals surface area contributed by atoms with Crippen LogP contribution in [0.4, 0.5) is 11.4 Å². The van der Waals surface area contributed by atoms with Gasteiger partial charge in [-0.1, -0.05) is 6.07 Å². The van der Waals surface area contributed by atoms with Gasteiger partial charge in [-0.25, -0.2) is 9.48 Å². The Morgan fingerprint density at radius 3 is 2.88 bits per heavy atom. The molecule has 1 aliphatic rings. The molecule has 3 heterocycles. The lowest BCUT2D eigenvalue weighted by Crippen LogP contribution is -2.35. The third kappa shape index (κ3) is 2.45. The van der Waals surface area contributed by atoms with E-state index in [1.807, 2.05) is 0 Å². The largest absolute Gasteiger partial charge is 0.350 e. The van der Waals surface area contributed by atoms with Crippen molar-refractivity contribution in [2.45, 2.75) is 13.0 Å². The fourth-order valence-corrected chi connectivity index (χ4v) is 3.05. The van der Waals surface area contributed by atoms with E-state index in [0.29, 0.717) is 24.3 Å². The summed E-state index contributed by atoms with van der Waals surface area (Å²) in [7, 11) is 0. The average Bonchev–Trinajstić information content (AvgIpc) is 3.16. The number of nitrogens with zero attached hydrogens (tertiary/aromatic N) is 5. The third-order valence-electron chi connectivity index (χ3n) is 4.24. The first kappa shape index (κ1) is 15.1. The molecule has 3 aromatic rings. The van der Waals surface area contributed by atoms with Gasteiger partial charge in [0.05, 0.1) is 4.92 Å². The highest BCUT2D eigenvalue weighted by molar-refractivity contribution is 5.95. The summed E-state index contributed by atoms with van der Waals surface area (Å²) in [5.74, 6) is -0.280. The minimum absolute atomic E-state index is 0.00428. The molecule has 0 unspecified atom stereocenters. The van der Waals surface area contributed by atoms with Gasteiger partial charge in [-0.3, -0.25) is 19.3 Å². The second-order valence-corrected chi connectivity index (χ2v) is 5.73. The van der Waals surface area contributed by atoms with Crippen LogP contribution in [0.3, 0.4) is 0 Å². The highest BCUT2D eigenvalue weighted by Gasteiger charge is 2.27. The monoisotopic (exact) mass is 339 g/mol. The van der Waals surface area contributed by atoms with Gasteiger partial charge in [-0.2, -0.15) is 0 Å². The van der Waals surface area contributed by atoms with Crippen LogP contribution >= 0.6 is 0 Å². The van der Waals surface area contributed by atoms with Crippen LogP contribution in [-0.4, -0.2) is 31.6 Å². The predicted molar refractivity (Wildman–Crippen MR) is 88.6 cm³/mol. The van der Waals surface area contributed by atoms with Gasteiger partial charge in [0.1, 0.15) is 6.54 Å². The van der Waals surface area contributed by atoms with Crippen LogP contribution < -0.4 is 10.6 Å². The normalized spacial score (nSPS) is 13.2. The van der Waals surface area contributed by atoms with Crippen LogP contribution in [-0.2, 0) is 17.8 Å². The van der Waals surface area contributed by atoms with Crippen molar-refractivity contribution in [1.82, 2.24) is 14.2 Å². The number of carbonyl (C=O) groups excluding carboxylic acids is 1. The SMILES string of the molecule is O=C(Cn1nc2ccccn2c1=O)N1CCc2cc([N+](=O)[O-])ccc21. The van der Waals surface area contributed by atoms with E-state index in [-0.39, 0.29) is 23.8 Å². The molecule has 126 valence electrons. The van der Waals surface area contributed by atoms with Crippen molar-refractivity contribution in [3.8, 4) is 0 Å². The van der Waals surface area contributed by atoms with Crippen LogP contribution in [0.15, 0.2) is 47.4 Å². The molecule has 0 fully saturated rings. The standard InChI is InChI=1S/C16H13N5O4/c22-15(10-20-16(23)19-7-2-1-3-14(19)17-20)18-8-6-11-9-12(21(24)25)4-5-13(11)18/h1-5,7,9H,6,8,10H2. The Morgan fingerprint density at radius 2 is 2.12 bits per heavy atom. The average molecular weight is 339 g/mol. The highest BCUT2D eigenvalue weighted by atomic mass is 16.6. The van der Waals surface area contributed by atoms with E-state index in [4.69, 9.17) is 0 Å². The number of amides is 1. The zero-order valence-electron chi connectivity index (χ0n) is 13.0. The first-order chi connectivity index (χ1) is 12.0. The molecule has 0 radical (unpaired) electrons. The van der Waals surface area contributed by atoms with Crippen molar-refractivity contribution in [2.75, 3.05) is 11.4 Å². The lowest BCUT2D eigenvalue weighted by Gasteiger charge is -2.16. The fourth-order valence-electron chi connectivity index (χ4n) is 3.05. The van der Waals surface area contributed by atoms with Gasteiger partial charge in [0.15, 0.2) is 5.65 Å². The maximum Gasteiger partial charge on any atom is 0.350 e. The number of pyridine rings is 1. The fraction of sp³-hybridized carbons (Fsp3) is 0.188. The van der Waals surface area contributed by atoms with Crippen LogP contribution in [0.5, 0.6) is 0 Å². The Kier molecular flexibility index (Phi) is 3.34. The molecule has 4 rings (SSSR count). The van der Waals surface area contributed by atoms with Gasteiger partial charge in [0.25, 0.3) is 5.69 Å². The zero-order valence-corrected chi connectivity index (χ0v) is 13.0. The number of non-ortho nitro benzene ring substituents is 1. The Balaban J connectivity index is 1.62. The number of benzene rings is 1. The number of hydrogen-bond donors (Lipinski definition) is 0. The second kappa shape index (κ2) is 5.55. The topological polar surface area (TPSA) is 103 Å². The minimum atomic E-state index is -0.457. The van der Waals surface area contributed by atoms with Gasteiger partial charge >= 0.3 is 5.69 Å². The third-order valence-corrected chi connectivity index (χ3v) is 4.24. The Morgan fingerprint density at radius 1 is 1.28 bits per heavy atom. The van der Waals surface area contributed by atoms with Gasteiger partial charge in [-0.15, -0.1) is 5.10 Å². The summed E-state index contributed by atoms with van der Waals surface area (Å²) in [6, 6.07) is 9.60. The molecule has 0 spiro atoms. The number of carbonyl (C=O) groups is 1. The first-order valence-corrected chi connectivity index (χ1v) is 7.66. The van der Waals surface area contributed by atoms with E-state index in [2.05, 4.69) is 5.10 Å². The number of anilines is 1. The van der Waals surface area contributed by atoms with Gasteiger partial charge in [0.2, 0.25) is 5.91 Å². The number of hydrogen-bond acceptors (Lipinski definition) is 5. The lowest BCUT2D eigenvalue weighted by atomic mass is 10.1. The quantitative estimate of drug-likeness (QED) is 0.523. The summed E-state index contributed by atoms with van der Waals surface area (Å²) in [6.07, 6.45) is 2.14. The van der Waals surface area contributed by atoms with Gasteiger partial charge in [-0.05, 0) is 30.2 Å². The van der Waals surface area contributed by atoms with Crippen molar-refractivity contribution >= 4 is 22.9 Å². The molecular formula is C16H13N5O4. The summed E-state index contributed by atoms with van der Waals surface area (Å²) in [6.45, 7) is 0.244. The predicted octanol–water partition coefficient (Wildman–Crippen LogP) is 0.993. The Labute approximate surface area is 140 Å². The van der Waals surface area contributed by atoms with E-state index >= 15 is 0 Å². The molecule has 0 N–H and O–H groups in total. The number of nitro groups is 1. The first-order valence-electron chi connectivity index (χ1n) is 7.66. The van der Waals surface area contributed by atoms with Crippen LogP contribution in [0, 0.1) is 10.1 Å². The molecule has 1 amide bonds. The van der Waals surface area contributed by atoms with Crippen molar-refractivity contribution in [1.29, 1.82) is 0 Å². The maximum atomic E-state index is 12.6. The molecule has 0 saturated carbocycles. The minimum Gasteiger partial charge on any atom is -0.310 e. The van der Waals surface area contributed by atoms with Crippen molar-refractivity contribution in [3.63, 3.8) is 0 Å². The molecule has 0 saturated heterocycles. The zero-order chi connectivity index (χ0) is 17.6. The molecule has 0 bridgehead atoms. The summed E-state index contributed by atoms with van der Waals surface area (Å²) in [4.78, 5) is 36.8. The van der Waals surface area contributed by atoms with Gasteiger partial charge < -0.3 is 4.90 Å². The van der Waals surface area contributed by atoms with Crippen molar-refractivity contribution in [3.05, 3.63) is 68.8 Å². The van der Waals surface area contributed by atoms with E-state index in [0.717, 1.165) is 10.2 Å². The number of aromatic nitrogens is 3. The molecular weight excluding hydrogens is 326 g/mol. The van der Waals surface area contributed by atoms with E-state index in [9.17, 15) is 19.7 Å². The summed E-state index contributed by atoms with van der Waals surface area (Å²) in [5, 5.41) is 15.0. The highest BCUT2D eigenvalue weighted by Crippen LogP contribution is 2.31. The lowest BCUT2D eigenvalue weighted by molar-refractivity contribution is -0.384. The van der Waals surface area contributed by atoms with Crippen LogP contribution in [0.2, 0.25) is 0 Å². The number of rotatable bonds is 3. The van der Waals surface area contributed by atoms with E-state index in [1.54, 1.807) is 30.5 Å². The van der Waals surface area contributed by atoms with Crippen LogP contribution in [0.25, 0.3) is 5.65 Å². The Bertz CT molecular complexity index is 1070. The number of nitro benzene ring substituents is 1. The summed E-state index contributed by atoms with van der Waals surface area (Å²) < 4.78 is 2.50. The molecule has 0 atom stereocenters. The summed E-state index contributed by atoms with van der Waals surface area (Å²) in [5.41, 5.74) is 1.49. The molecule has 1 aromatic carbocycles. The smallest absolute Gasteiger partial charge is 0.310 e. The molecule has 0 aliphatic carbocycles. The summed E-state index contributed by atoms with van der Waals surface area (Å²) >= 11 is 0. The molecule has 1 aliphatic heterocycles. The van der Waals surface area contributed by atoms with E-state index in [1.165, 1.54) is 21.4 Å². The van der Waals surface area contributed by atoms with E-state index < -0.39 is 4.92 Å². The maximum absolute atomic E-state index is 12.6. The Hall–Kier alpha value is -3.49. The molecule has 25 heavy (non-hydrogen) atoms. The van der Waals surface area contributed by atoms with Crippen LogP contribution in [0.1, 0.15) is 5.56 Å². The molecule has 9 nitrogen and oxygen atoms in total. The second-order valence-electron chi connectivity index (χ2n) is 5.73.